The number of pyridine rings is 1. The summed E-state index contributed by atoms with van der Waals surface area (Å²) in [5.74, 6) is 6.26. The fourth-order valence-corrected chi connectivity index (χ4v) is 2.31. The zero-order valence-electron chi connectivity index (χ0n) is 8.32. The van der Waals surface area contributed by atoms with Crippen molar-refractivity contribution < 1.29 is 0 Å². The van der Waals surface area contributed by atoms with Gasteiger partial charge in [-0.2, -0.15) is 0 Å². The van der Waals surface area contributed by atoms with Crippen molar-refractivity contribution in [1.82, 2.24) is 10.4 Å². The van der Waals surface area contributed by atoms with Gasteiger partial charge in [0.1, 0.15) is 0 Å². The molecule has 1 aromatic heterocycles. The Morgan fingerprint density at radius 1 is 1.36 bits per heavy atom. The Kier molecular flexibility index (Phi) is 3.11. The highest BCUT2D eigenvalue weighted by atomic mass is 15.2. The summed E-state index contributed by atoms with van der Waals surface area (Å²) >= 11 is 0. The van der Waals surface area contributed by atoms with Gasteiger partial charge in [0.15, 0.2) is 0 Å². The average molecular weight is 191 g/mol. The highest BCUT2D eigenvalue weighted by Gasteiger charge is 2.25. The Hall–Kier alpha value is -0.930. The van der Waals surface area contributed by atoms with Crippen LogP contribution in [0, 0.1) is 5.92 Å². The number of hydrogen-bond donors (Lipinski definition) is 2. The molecule has 76 valence electrons. The maximum Gasteiger partial charge on any atom is 0.0660 e. The molecule has 1 aliphatic carbocycles. The molecule has 0 saturated heterocycles. The van der Waals surface area contributed by atoms with Crippen molar-refractivity contribution in [3.63, 3.8) is 0 Å². The molecule has 3 N–H and O–H groups in total. The topological polar surface area (TPSA) is 50.9 Å². The average Bonchev–Trinajstić information content (AvgIpc) is 2.74. The number of hydrogen-bond acceptors (Lipinski definition) is 3. The van der Waals surface area contributed by atoms with Crippen molar-refractivity contribution in [1.29, 1.82) is 0 Å². The molecule has 14 heavy (non-hydrogen) atoms. The quantitative estimate of drug-likeness (QED) is 0.565. The van der Waals surface area contributed by atoms with Crippen LogP contribution in [0.2, 0.25) is 0 Å². The van der Waals surface area contributed by atoms with Crippen molar-refractivity contribution in [2.45, 2.75) is 31.7 Å². The lowest BCUT2D eigenvalue weighted by Crippen LogP contribution is -2.33. The Morgan fingerprint density at radius 2 is 2.14 bits per heavy atom. The number of rotatable bonds is 3. The lowest BCUT2D eigenvalue weighted by atomic mass is 9.95. The molecule has 0 spiro atoms. The highest BCUT2D eigenvalue weighted by molar-refractivity contribution is 5.10. The molecule has 0 amide bonds. The number of nitrogens with two attached hydrogens (primary N) is 1. The monoisotopic (exact) mass is 191 g/mol. The molecule has 0 bridgehead atoms. The highest BCUT2D eigenvalue weighted by Crippen LogP contribution is 2.34. The van der Waals surface area contributed by atoms with Gasteiger partial charge in [-0.05, 0) is 30.9 Å². The van der Waals surface area contributed by atoms with Gasteiger partial charge in [-0.15, -0.1) is 0 Å². The number of hydrazine groups is 1. The van der Waals surface area contributed by atoms with E-state index in [1.54, 1.807) is 0 Å². The van der Waals surface area contributed by atoms with Gasteiger partial charge in [0.05, 0.1) is 11.7 Å². The molecular weight excluding hydrogens is 174 g/mol. The van der Waals surface area contributed by atoms with E-state index >= 15 is 0 Å². The van der Waals surface area contributed by atoms with E-state index in [-0.39, 0.29) is 6.04 Å². The van der Waals surface area contributed by atoms with Crippen LogP contribution in [0.25, 0.3) is 0 Å². The van der Waals surface area contributed by atoms with Crippen molar-refractivity contribution in [3.05, 3.63) is 30.1 Å². The van der Waals surface area contributed by atoms with Crippen LogP contribution in [-0.4, -0.2) is 4.98 Å². The third-order valence-electron chi connectivity index (χ3n) is 3.06. The van der Waals surface area contributed by atoms with Crippen molar-refractivity contribution in [2.24, 2.45) is 11.8 Å². The molecule has 0 aromatic carbocycles. The van der Waals surface area contributed by atoms with Crippen LogP contribution < -0.4 is 11.3 Å². The first-order valence-corrected chi connectivity index (χ1v) is 5.29. The molecule has 0 radical (unpaired) electrons. The van der Waals surface area contributed by atoms with E-state index in [0.29, 0.717) is 5.92 Å². The van der Waals surface area contributed by atoms with E-state index < -0.39 is 0 Å². The Balaban J connectivity index is 2.12. The molecule has 3 nitrogen and oxygen atoms in total. The zero-order chi connectivity index (χ0) is 9.80. The van der Waals surface area contributed by atoms with Crippen LogP contribution in [0.1, 0.15) is 37.4 Å². The van der Waals surface area contributed by atoms with E-state index in [4.69, 9.17) is 5.84 Å². The summed E-state index contributed by atoms with van der Waals surface area (Å²) in [6, 6.07) is 6.23. The minimum atomic E-state index is 0.235. The van der Waals surface area contributed by atoms with Crippen LogP contribution in [0.5, 0.6) is 0 Å². The summed E-state index contributed by atoms with van der Waals surface area (Å²) in [4.78, 5) is 4.35. The first-order chi connectivity index (χ1) is 6.92. The van der Waals surface area contributed by atoms with Gasteiger partial charge in [-0.1, -0.05) is 18.9 Å². The zero-order valence-corrected chi connectivity index (χ0v) is 8.32. The van der Waals surface area contributed by atoms with Gasteiger partial charge in [0, 0.05) is 6.20 Å². The van der Waals surface area contributed by atoms with E-state index in [0.717, 1.165) is 5.69 Å². The second-order valence-corrected chi connectivity index (χ2v) is 3.94. The van der Waals surface area contributed by atoms with Gasteiger partial charge in [0.25, 0.3) is 0 Å². The van der Waals surface area contributed by atoms with E-state index in [1.807, 2.05) is 24.4 Å². The lowest BCUT2D eigenvalue weighted by Gasteiger charge is -2.21. The normalized spacial score (nSPS) is 19.8. The van der Waals surface area contributed by atoms with Crippen molar-refractivity contribution >= 4 is 0 Å². The van der Waals surface area contributed by atoms with Crippen LogP contribution in [0.3, 0.4) is 0 Å². The van der Waals surface area contributed by atoms with Gasteiger partial charge in [0.2, 0.25) is 0 Å². The van der Waals surface area contributed by atoms with Crippen LogP contribution >= 0.6 is 0 Å². The van der Waals surface area contributed by atoms with Crippen LogP contribution in [-0.2, 0) is 0 Å². The Bertz CT molecular complexity index is 267. The predicted octanol–water partition coefficient (Wildman–Crippen LogP) is 1.78. The molecule has 1 fully saturated rings. The molecule has 0 aliphatic heterocycles. The largest absolute Gasteiger partial charge is 0.271 e. The molecular formula is C11H17N3. The van der Waals surface area contributed by atoms with Crippen LogP contribution in [0.4, 0.5) is 0 Å². The fraction of sp³-hybridized carbons (Fsp3) is 0.545. The summed E-state index contributed by atoms with van der Waals surface area (Å²) in [7, 11) is 0. The molecule has 2 rings (SSSR count). The first kappa shape index (κ1) is 9.62. The molecule has 1 aliphatic rings. The van der Waals surface area contributed by atoms with Gasteiger partial charge in [-0.3, -0.25) is 16.3 Å². The molecule has 1 aromatic rings. The minimum Gasteiger partial charge on any atom is -0.271 e. The number of aromatic nitrogens is 1. The minimum absolute atomic E-state index is 0.235. The molecule has 1 unspecified atom stereocenters. The fourth-order valence-electron chi connectivity index (χ4n) is 2.31. The van der Waals surface area contributed by atoms with E-state index in [1.165, 1.54) is 25.7 Å². The van der Waals surface area contributed by atoms with Crippen LogP contribution in [0.15, 0.2) is 24.4 Å². The summed E-state index contributed by atoms with van der Waals surface area (Å²) in [6.45, 7) is 0. The first-order valence-electron chi connectivity index (χ1n) is 5.29. The summed E-state index contributed by atoms with van der Waals surface area (Å²) in [5.41, 5.74) is 3.97. The van der Waals surface area contributed by atoms with Gasteiger partial charge >= 0.3 is 0 Å². The number of nitrogens with zero attached hydrogens (tertiary/aromatic N) is 1. The maximum atomic E-state index is 5.59. The summed E-state index contributed by atoms with van der Waals surface area (Å²) in [6.07, 6.45) is 7.02. The molecule has 1 atom stereocenters. The van der Waals surface area contributed by atoms with Gasteiger partial charge < -0.3 is 0 Å². The smallest absolute Gasteiger partial charge is 0.0660 e. The Labute approximate surface area is 84.7 Å². The van der Waals surface area contributed by atoms with Gasteiger partial charge in [-0.25, -0.2) is 0 Å². The predicted molar refractivity (Wildman–Crippen MR) is 56.3 cm³/mol. The molecule has 3 heteroatoms. The molecule has 1 heterocycles. The summed E-state index contributed by atoms with van der Waals surface area (Å²) < 4.78 is 0. The second kappa shape index (κ2) is 4.53. The Morgan fingerprint density at radius 3 is 2.71 bits per heavy atom. The SMILES string of the molecule is NNC(c1ccccn1)C1CCCC1. The van der Waals surface area contributed by atoms with Crippen molar-refractivity contribution in [3.8, 4) is 0 Å². The maximum absolute atomic E-state index is 5.59. The third kappa shape index (κ3) is 1.94. The van der Waals surface area contributed by atoms with Crippen molar-refractivity contribution in [2.75, 3.05) is 0 Å². The second-order valence-electron chi connectivity index (χ2n) is 3.94. The van der Waals surface area contributed by atoms with E-state index in [2.05, 4.69) is 10.4 Å². The number of nitrogens with one attached hydrogen (secondary N) is 1. The van der Waals surface area contributed by atoms with E-state index in [9.17, 15) is 0 Å². The standard InChI is InChI=1S/C11H17N3/c12-14-11(9-5-1-2-6-9)10-7-3-4-8-13-10/h3-4,7-9,11,14H,1-2,5-6,12H2. The summed E-state index contributed by atoms with van der Waals surface area (Å²) in [5, 5.41) is 0. The third-order valence-corrected chi connectivity index (χ3v) is 3.06. The molecule has 1 saturated carbocycles. The lowest BCUT2D eigenvalue weighted by molar-refractivity contribution is 0.366.